The van der Waals surface area contributed by atoms with E-state index in [-0.39, 0.29) is 5.78 Å². The zero-order valence-electron chi connectivity index (χ0n) is 10.7. The van der Waals surface area contributed by atoms with Gasteiger partial charge in [-0.15, -0.1) is 0 Å². The van der Waals surface area contributed by atoms with E-state index in [1.807, 2.05) is 41.0 Å². The Bertz CT molecular complexity index is 749. The summed E-state index contributed by atoms with van der Waals surface area (Å²) in [5.41, 5.74) is 2.66. The van der Waals surface area contributed by atoms with Gasteiger partial charge in [0.1, 0.15) is 0 Å². The largest absolute Gasteiger partial charge is 0.323 e. The number of nitrogens with zero attached hydrogens (tertiary/aromatic N) is 3. The molecule has 1 aromatic carbocycles. The highest BCUT2D eigenvalue weighted by molar-refractivity contribution is 9.10. The lowest BCUT2D eigenvalue weighted by Gasteiger charge is -2.03. The van der Waals surface area contributed by atoms with Gasteiger partial charge in [-0.05, 0) is 40.2 Å². The summed E-state index contributed by atoms with van der Waals surface area (Å²) in [6.45, 7) is 0.318. The summed E-state index contributed by atoms with van der Waals surface area (Å²) in [5.74, 6) is 0.114. The molecule has 2 aromatic heterocycles. The van der Waals surface area contributed by atoms with Crippen LogP contribution in [0.3, 0.4) is 0 Å². The third-order valence-electron chi connectivity index (χ3n) is 3.04. The number of carbonyl (C=O) groups excluding carboxylic acids is 1. The summed E-state index contributed by atoms with van der Waals surface area (Å²) in [5, 5.41) is 0. The molecule has 0 bridgehead atoms. The van der Waals surface area contributed by atoms with E-state index in [0.717, 1.165) is 21.2 Å². The first-order chi connectivity index (χ1) is 9.72. The standard InChI is InChI=1S/C15H12BrN3O/c16-11-5-6-12(17-8-11)7-13(20)9-19-10-18-14-3-1-2-4-15(14)19/h1-6,8,10H,7,9H2. The number of benzene rings is 1. The first-order valence-electron chi connectivity index (χ1n) is 6.24. The van der Waals surface area contributed by atoms with Gasteiger partial charge in [-0.25, -0.2) is 4.98 Å². The molecule has 0 atom stereocenters. The van der Waals surface area contributed by atoms with E-state index in [0.29, 0.717) is 13.0 Å². The zero-order valence-corrected chi connectivity index (χ0v) is 12.2. The molecule has 0 aliphatic carbocycles. The van der Waals surface area contributed by atoms with Gasteiger partial charge in [0.15, 0.2) is 5.78 Å². The SMILES string of the molecule is O=C(Cc1ccc(Br)cn1)Cn1cnc2ccccc21. The van der Waals surface area contributed by atoms with Gasteiger partial charge in [-0.3, -0.25) is 9.78 Å². The number of fused-ring (bicyclic) bond motifs is 1. The molecule has 0 N–H and O–H groups in total. The summed E-state index contributed by atoms with van der Waals surface area (Å²) < 4.78 is 2.78. The molecule has 0 radical (unpaired) electrons. The number of pyridine rings is 1. The molecule has 0 aliphatic heterocycles. The highest BCUT2D eigenvalue weighted by Crippen LogP contribution is 2.12. The molecule has 100 valence electrons. The van der Waals surface area contributed by atoms with Crippen molar-refractivity contribution in [2.75, 3.05) is 0 Å². The van der Waals surface area contributed by atoms with Crippen molar-refractivity contribution in [1.29, 1.82) is 0 Å². The number of para-hydroxylation sites is 2. The van der Waals surface area contributed by atoms with Crippen molar-refractivity contribution < 1.29 is 4.79 Å². The summed E-state index contributed by atoms with van der Waals surface area (Å²) >= 11 is 3.33. The Kier molecular flexibility index (Phi) is 3.60. The smallest absolute Gasteiger partial charge is 0.158 e. The second-order valence-corrected chi connectivity index (χ2v) is 5.46. The van der Waals surface area contributed by atoms with Crippen LogP contribution < -0.4 is 0 Å². The number of aromatic nitrogens is 3. The number of carbonyl (C=O) groups is 1. The first-order valence-corrected chi connectivity index (χ1v) is 7.04. The molecule has 3 rings (SSSR count). The topological polar surface area (TPSA) is 47.8 Å². The number of halogens is 1. The van der Waals surface area contributed by atoms with Crippen molar-refractivity contribution in [3.05, 3.63) is 59.1 Å². The van der Waals surface area contributed by atoms with Crippen molar-refractivity contribution >= 4 is 32.7 Å². The molecule has 3 aromatic rings. The number of imidazole rings is 1. The maximum atomic E-state index is 12.1. The Labute approximate surface area is 124 Å². The summed E-state index contributed by atoms with van der Waals surface area (Å²) in [4.78, 5) is 20.6. The van der Waals surface area contributed by atoms with Crippen LogP contribution in [0.2, 0.25) is 0 Å². The molecule has 4 nitrogen and oxygen atoms in total. The highest BCUT2D eigenvalue weighted by atomic mass is 79.9. The minimum absolute atomic E-state index is 0.114. The Morgan fingerprint density at radius 1 is 1.15 bits per heavy atom. The average molecular weight is 330 g/mol. The predicted molar refractivity (Wildman–Crippen MR) is 80.4 cm³/mol. The number of rotatable bonds is 4. The van der Waals surface area contributed by atoms with Gasteiger partial charge in [-0.1, -0.05) is 12.1 Å². The summed E-state index contributed by atoms with van der Waals surface area (Å²) in [6, 6.07) is 11.5. The minimum Gasteiger partial charge on any atom is -0.323 e. The molecule has 0 aliphatic rings. The molecule has 0 saturated heterocycles. The van der Waals surface area contributed by atoms with Crippen LogP contribution in [0.4, 0.5) is 0 Å². The lowest BCUT2D eigenvalue weighted by Crippen LogP contribution is -2.12. The van der Waals surface area contributed by atoms with Gasteiger partial charge in [-0.2, -0.15) is 0 Å². The van der Waals surface area contributed by atoms with Crippen LogP contribution in [0.1, 0.15) is 5.69 Å². The Morgan fingerprint density at radius 2 is 2.00 bits per heavy atom. The molecular formula is C15H12BrN3O. The molecule has 2 heterocycles. The lowest BCUT2D eigenvalue weighted by molar-refractivity contribution is -0.119. The van der Waals surface area contributed by atoms with E-state index in [1.54, 1.807) is 12.5 Å². The van der Waals surface area contributed by atoms with Crippen LogP contribution in [-0.2, 0) is 17.8 Å². The quantitative estimate of drug-likeness (QED) is 0.739. The third-order valence-corrected chi connectivity index (χ3v) is 3.51. The van der Waals surface area contributed by atoms with Gasteiger partial charge in [0, 0.05) is 16.4 Å². The second-order valence-electron chi connectivity index (χ2n) is 4.54. The van der Waals surface area contributed by atoms with Gasteiger partial charge < -0.3 is 4.57 Å². The second kappa shape index (κ2) is 5.54. The van der Waals surface area contributed by atoms with Crippen LogP contribution in [0.25, 0.3) is 11.0 Å². The molecular weight excluding hydrogens is 318 g/mol. The maximum absolute atomic E-state index is 12.1. The zero-order chi connectivity index (χ0) is 13.9. The Morgan fingerprint density at radius 3 is 2.80 bits per heavy atom. The summed E-state index contributed by atoms with van der Waals surface area (Å²) in [6.07, 6.45) is 3.74. The summed E-state index contributed by atoms with van der Waals surface area (Å²) in [7, 11) is 0. The normalized spacial score (nSPS) is 10.8. The molecule has 0 fully saturated rings. The fraction of sp³-hybridized carbons (Fsp3) is 0.133. The van der Waals surface area contributed by atoms with E-state index in [1.165, 1.54) is 0 Å². The molecule has 0 saturated carbocycles. The number of Topliss-reactive ketones (excluding diaryl/α,β-unsaturated/α-hetero) is 1. The maximum Gasteiger partial charge on any atom is 0.158 e. The molecule has 0 spiro atoms. The van der Waals surface area contributed by atoms with Crippen molar-refractivity contribution in [2.45, 2.75) is 13.0 Å². The number of hydrogen-bond acceptors (Lipinski definition) is 3. The Balaban J connectivity index is 1.74. The molecule has 0 amide bonds. The molecule has 20 heavy (non-hydrogen) atoms. The van der Waals surface area contributed by atoms with E-state index in [9.17, 15) is 4.79 Å². The van der Waals surface area contributed by atoms with E-state index < -0.39 is 0 Å². The van der Waals surface area contributed by atoms with E-state index >= 15 is 0 Å². The van der Waals surface area contributed by atoms with Crippen LogP contribution in [0.15, 0.2) is 53.4 Å². The van der Waals surface area contributed by atoms with Crippen LogP contribution in [0, 0.1) is 0 Å². The third kappa shape index (κ3) is 2.77. The fourth-order valence-electron chi connectivity index (χ4n) is 2.10. The van der Waals surface area contributed by atoms with Crippen LogP contribution >= 0.6 is 15.9 Å². The van der Waals surface area contributed by atoms with Crippen molar-refractivity contribution in [2.24, 2.45) is 0 Å². The lowest BCUT2D eigenvalue weighted by atomic mass is 10.2. The van der Waals surface area contributed by atoms with E-state index in [4.69, 9.17) is 0 Å². The van der Waals surface area contributed by atoms with Gasteiger partial charge in [0.25, 0.3) is 0 Å². The number of hydrogen-bond donors (Lipinski definition) is 0. The fourth-order valence-corrected chi connectivity index (χ4v) is 2.33. The van der Waals surface area contributed by atoms with Crippen molar-refractivity contribution in [1.82, 2.24) is 14.5 Å². The van der Waals surface area contributed by atoms with Crippen molar-refractivity contribution in [3.63, 3.8) is 0 Å². The predicted octanol–water partition coefficient (Wildman–Crippen LogP) is 3.01. The molecule has 0 unspecified atom stereocenters. The van der Waals surface area contributed by atoms with Crippen molar-refractivity contribution in [3.8, 4) is 0 Å². The van der Waals surface area contributed by atoms with Gasteiger partial charge in [0.2, 0.25) is 0 Å². The minimum atomic E-state index is 0.114. The first kappa shape index (κ1) is 13.0. The number of ketones is 1. The monoisotopic (exact) mass is 329 g/mol. The van der Waals surface area contributed by atoms with E-state index in [2.05, 4.69) is 25.9 Å². The Hall–Kier alpha value is -2.01. The average Bonchev–Trinajstić information content (AvgIpc) is 2.85. The molecule has 5 heteroatoms. The van der Waals surface area contributed by atoms with Crippen LogP contribution in [0.5, 0.6) is 0 Å². The van der Waals surface area contributed by atoms with Gasteiger partial charge >= 0.3 is 0 Å². The highest BCUT2D eigenvalue weighted by Gasteiger charge is 2.08. The van der Waals surface area contributed by atoms with Crippen LogP contribution in [-0.4, -0.2) is 20.3 Å². The van der Waals surface area contributed by atoms with Gasteiger partial charge in [0.05, 0.1) is 30.3 Å².